The molecule has 0 atom stereocenters. The molecule has 0 aromatic heterocycles. The molecule has 0 rings (SSSR count). The van der Waals surface area contributed by atoms with E-state index in [2.05, 4.69) is 37.8 Å². The molecule has 2 heteroatoms. The molecule has 0 bridgehead atoms. The molecule has 0 radical (unpaired) electrons. The first-order chi connectivity index (χ1) is 13.8. The van der Waals surface area contributed by atoms with Gasteiger partial charge in [0.1, 0.15) is 0 Å². The largest absolute Gasteiger partial charge is 0.245 e. The van der Waals surface area contributed by atoms with Crippen molar-refractivity contribution in [1.29, 1.82) is 0 Å². The number of hydrogen-bond donors (Lipinski definition) is 0. The van der Waals surface area contributed by atoms with E-state index in [-0.39, 0.29) is 0 Å². The zero-order valence-corrected chi connectivity index (χ0v) is 20.5. The van der Waals surface area contributed by atoms with Crippen LogP contribution < -0.4 is 0 Å². The Labute approximate surface area is 179 Å². The van der Waals surface area contributed by atoms with E-state index in [9.17, 15) is 0 Å². The highest BCUT2D eigenvalue weighted by Gasteiger charge is 2.10. The van der Waals surface area contributed by atoms with Crippen LogP contribution in [0.3, 0.4) is 0 Å². The van der Waals surface area contributed by atoms with Crippen molar-refractivity contribution < 1.29 is 0 Å². The van der Waals surface area contributed by atoms with Gasteiger partial charge >= 0.3 is 0 Å². The number of hydrazine groups is 1. The lowest BCUT2D eigenvalue weighted by atomic mass is 10.1. The molecule has 0 N–H and O–H groups in total. The number of unbranched alkanes of at least 4 members (excludes halogenated alkanes) is 16. The predicted molar refractivity (Wildman–Crippen MR) is 129 cm³/mol. The average molecular weight is 397 g/mol. The summed E-state index contributed by atoms with van der Waals surface area (Å²) < 4.78 is 0. The maximum Gasteiger partial charge on any atom is 0.0133 e. The molecule has 170 valence electrons. The van der Waals surface area contributed by atoms with Gasteiger partial charge in [0.05, 0.1) is 0 Å². The Kier molecular flexibility index (Phi) is 23.1. The fraction of sp³-hybridized carbons (Fsp3) is 1.00. The number of rotatable bonds is 23. The predicted octanol–water partition coefficient (Wildman–Crippen LogP) is 8.61. The second-order valence-corrected chi connectivity index (χ2v) is 8.99. The van der Waals surface area contributed by atoms with E-state index in [1.54, 1.807) is 0 Å². The van der Waals surface area contributed by atoms with Crippen molar-refractivity contribution >= 4 is 0 Å². The van der Waals surface area contributed by atoms with Gasteiger partial charge in [-0.05, 0) is 19.3 Å². The van der Waals surface area contributed by atoms with Crippen LogP contribution >= 0.6 is 0 Å². The van der Waals surface area contributed by atoms with Crippen LogP contribution in [0, 0.1) is 0 Å². The van der Waals surface area contributed by atoms with Crippen LogP contribution in [0.25, 0.3) is 0 Å². The molecule has 28 heavy (non-hydrogen) atoms. The van der Waals surface area contributed by atoms with Gasteiger partial charge in [-0.1, -0.05) is 124 Å². The molecule has 0 spiro atoms. The Morgan fingerprint density at radius 3 is 1.04 bits per heavy atom. The number of nitrogens with zero attached hydrogens (tertiary/aromatic N) is 2. The van der Waals surface area contributed by atoms with Gasteiger partial charge in [-0.2, -0.15) is 0 Å². The standard InChI is InChI=1S/C26H56N2/c1-5-8-11-13-15-17-19-22-25-28(27(4)24-21-10-7-3)26-23-20-18-16-14-12-9-6-2/h5-26H2,1-4H3. The molecule has 2 nitrogen and oxygen atoms in total. The first-order valence-corrected chi connectivity index (χ1v) is 13.2. The molecule has 0 aliphatic carbocycles. The number of hydrogen-bond acceptors (Lipinski definition) is 2. The van der Waals surface area contributed by atoms with Gasteiger partial charge in [0.2, 0.25) is 0 Å². The summed E-state index contributed by atoms with van der Waals surface area (Å²) in [5.41, 5.74) is 0. The zero-order chi connectivity index (χ0) is 20.7. The summed E-state index contributed by atoms with van der Waals surface area (Å²) in [4.78, 5) is 0. The smallest absolute Gasteiger partial charge is 0.0133 e. The Hall–Kier alpha value is -0.0800. The first-order valence-electron chi connectivity index (χ1n) is 13.2. The maximum absolute atomic E-state index is 2.67. The Bertz CT molecular complexity index is 260. The topological polar surface area (TPSA) is 6.48 Å². The first kappa shape index (κ1) is 27.9. The molecule has 0 heterocycles. The van der Waals surface area contributed by atoms with Crippen LogP contribution in [-0.4, -0.2) is 36.7 Å². The Morgan fingerprint density at radius 1 is 0.357 bits per heavy atom. The van der Waals surface area contributed by atoms with Gasteiger partial charge < -0.3 is 0 Å². The van der Waals surface area contributed by atoms with Gasteiger partial charge in [-0.3, -0.25) is 0 Å². The highest BCUT2D eigenvalue weighted by Crippen LogP contribution is 2.12. The normalized spacial score (nSPS) is 11.8. The van der Waals surface area contributed by atoms with E-state index < -0.39 is 0 Å². The van der Waals surface area contributed by atoms with Crippen LogP contribution in [-0.2, 0) is 0 Å². The lowest BCUT2D eigenvalue weighted by molar-refractivity contribution is -0.00490. The van der Waals surface area contributed by atoms with Crippen molar-refractivity contribution in [2.75, 3.05) is 26.7 Å². The quantitative estimate of drug-likeness (QED) is 0.126. The monoisotopic (exact) mass is 396 g/mol. The molecular weight excluding hydrogens is 340 g/mol. The van der Waals surface area contributed by atoms with Crippen molar-refractivity contribution in [1.82, 2.24) is 10.0 Å². The summed E-state index contributed by atoms with van der Waals surface area (Å²) in [5, 5.41) is 5.21. The molecule has 0 fully saturated rings. The van der Waals surface area contributed by atoms with Crippen molar-refractivity contribution in [3.63, 3.8) is 0 Å². The summed E-state index contributed by atoms with van der Waals surface area (Å²) >= 11 is 0. The minimum atomic E-state index is 1.24. The van der Waals surface area contributed by atoms with E-state index in [0.29, 0.717) is 0 Å². The molecule has 0 amide bonds. The Morgan fingerprint density at radius 2 is 0.643 bits per heavy atom. The zero-order valence-electron chi connectivity index (χ0n) is 20.5. The second-order valence-electron chi connectivity index (χ2n) is 8.99. The van der Waals surface area contributed by atoms with Crippen LogP contribution in [0.1, 0.15) is 143 Å². The molecule has 0 unspecified atom stereocenters. The summed E-state index contributed by atoms with van der Waals surface area (Å²) in [7, 11) is 2.32. The van der Waals surface area contributed by atoms with Gasteiger partial charge in [-0.25, -0.2) is 10.0 Å². The minimum Gasteiger partial charge on any atom is -0.245 e. The summed E-state index contributed by atoms with van der Waals surface area (Å²) in [5.74, 6) is 0. The lowest BCUT2D eigenvalue weighted by Crippen LogP contribution is -2.41. The fourth-order valence-electron chi connectivity index (χ4n) is 4.04. The highest BCUT2D eigenvalue weighted by molar-refractivity contribution is 4.58. The van der Waals surface area contributed by atoms with E-state index in [1.807, 2.05) is 0 Å². The van der Waals surface area contributed by atoms with Crippen LogP contribution in [0.15, 0.2) is 0 Å². The summed E-state index contributed by atoms with van der Waals surface area (Å²) in [6, 6.07) is 0. The van der Waals surface area contributed by atoms with Crippen molar-refractivity contribution in [3.8, 4) is 0 Å². The summed E-state index contributed by atoms with van der Waals surface area (Å²) in [6.07, 6.45) is 26.8. The third-order valence-corrected chi connectivity index (χ3v) is 6.11. The molecular formula is C26H56N2. The SMILES string of the molecule is CCCCCCCCCCN(CCCCCCCCCC)N(C)CCCCC. The molecule has 0 saturated carbocycles. The van der Waals surface area contributed by atoms with E-state index >= 15 is 0 Å². The van der Waals surface area contributed by atoms with E-state index in [0.717, 1.165) is 0 Å². The van der Waals surface area contributed by atoms with Gasteiger partial charge in [0.15, 0.2) is 0 Å². The van der Waals surface area contributed by atoms with Crippen molar-refractivity contribution in [3.05, 3.63) is 0 Å². The maximum atomic E-state index is 2.67. The minimum absolute atomic E-state index is 1.24. The van der Waals surface area contributed by atoms with Crippen molar-refractivity contribution in [2.45, 2.75) is 143 Å². The fourth-order valence-corrected chi connectivity index (χ4v) is 4.04. The highest BCUT2D eigenvalue weighted by atomic mass is 15.6. The summed E-state index contributed by atoms with van der Waals surface area (Å²) in [6.45, 7) is 10.7. The van der Waals surface area contributed by atoms with E-state index in [4.69, 9.17) is 0 Å². The third kappa shape index (κ3) is 19.2. The molecule has 0 aliphatic heterocycles. The van der Waals surface area contributed by atoms with E-state index in [1.165, 1.54) is 142 Å². The van der Waals surface area contributed by atoms with Gasteiger partial charge in [0.25, 0.3) is 0 Å². The average Bonchev–Trinajstić information content (AvgIpc) is 2.70. The van der Waals surface area contributed by atoms with Crippen LogP contribution in [0.4, 0.5) is 0 Å². The van der Waals surface area contributed by atoms with Crippen LogP contribution in [0.2, 0.25) is 0 Å². The molecule has 0 aliphatic rings. The molecule has 0 saturated heterocycles. The second kappa shape index (κ2) is 23.2. The van der Waals surface area contributed by atoms with Crippen LogP contribution in [0.5, 0.6) is 0 Å². The third-order valence-electron chi connectivity index (χ3n) is 6.11. The molecule has 0 aromatic rings. The van der Waals surface area contributed by atoms with Gasteiger partial charge in [-0.15, -0.1) is 0 Å². The lowest BCUT2D eigenvalue weighted by Gasteiger charge is -2.32. The Balaban J connectivity index is 3.91. The molecule has 0 aromatic carbocycles. The van der Waals surface area contributed by atoms with Gasteiger partial charge in [0, 0.05) is 26.7 Å². The van der Waals surface area contributed by atoms with Crippen molar-refractivity contribution in [2.24, 2.45) is 0 Å².